The number of benzene rings is 1. The predicted octanol–water partition coefficient (Wildman–Crippen LogP) is 3.66. The second-order valence-corrected chi connectivity index (χ2v) is 8.64. The Hall–Kier alpha value is -2.58. The zero-order valence-corrected chi connectivity index (χ0v) is 16.0. The number of hydrogen-bond acceptors (Lipinski definition) is 4. The van der Waals surface area contributed by atoms with E-state index in [9.17, 15) is 17.2 Å². The molecule has 8 heteroatoms. The molecule has 0 unspecified atom stereocenters. The van der Waals surface area contributed by atoms with Gasteiger partial charge in [0, 0.05) is 18.9 Å². The monoisotopic (exact) mass is 403 g/mol. The Morgan fingerprint density at radius 2 is 2.00 bits per heavy atom. The maximum Gasteiger partial charge on any atom is 0.268 e. The summed E-state index contributed by atoms with van der Waals surface area (Å²) in [6, 6.07) is 7.90. The number of hydrogen-bond donors (Lipinski definition) is 1. The number of nitrogens with one attached hydrogen (secondary N) is 1. The van der Waals surface area contributed by atoms with Crippen LogP contribution in [0.4, 0.5) is 8.78 Å². The van der Waals surface area contributed by atoms with E-state index in [1.807, 2.05) is 0 Å². The summed E-state index contributed by atoms with van der Waals surface area (Å²) in [5.74, 6) is -1.23. The summed E-state index contributed by atoms with van der Waals surface area (Å²) in [5.41, 5.74) is 1.97. The molecule has 0 aliphatic heterocycles. The minimum absolute atomic E-state index is 0.117. The summed E-state index contributed by atoms with van der Waals surface area (Å²) in [6.07, 6.45) is 4.65. The Balaban J connectivity index is 2.02. The highest BCUT2D eigenvalue weighted by atomic mass is 32.2. The molecule has 1 saturated carbocycles. The maximum absolute atomic E-state index is 14.6. The van der Waals surface area contributed by atoms with Crippen LogP contribution in [-0.4, -0.2) is 24.4 Å². The lowest BCUT2D eigenvalue weighted by molar-refractivity contribution is 0.580. The van der Waals surface area contributed by atoms with Gasteiger partial charge in [0.2, 0.25) is 5.95 Å². The van der Waals surface area contributed by atoms with E-state index < -0.39 is 21.8 Å². The minimum atomic E-state index is -4.13. The van der Waals surface area contributed by atoms with Gasteiger partial charge in [-0.3, -0.25) is 0 Å². The molecular formula is C20H19F2N3O2S. The second kappa shape index (κ2) is 7.10. The minimum Gasteiger partial charge on any atom is -0.316 e. The molecule has 5 nitrogen and oxygen atoms in total. The lowest BCUT2D eigenvalue weighted by atomic mass is 10.0. The first kappa shape index (κ1) is 18.8. The zero-order valence-electron chi connectivity index (χ0n) is 15.2. The summed E-state index contributed by atoms with van der Waals surface area (Å²) in [5, 5.41) is 3.04. The van der Waals surface area contributed by atoms with Gasteiger partial charge in [0.05, 0.1) is 16.2 Å². The van der Waals surface area contributed by atoms with Crippen molar-refractivity contribution in [2.75, 3.05) is 7.05 Å². The molecule has 1 aromatic carbocycles. The Labute approximate surface area is 162 Å². The summed E-state index contributed by atoms with van der Waals surface area (Å²) in [6.45, 7) is 0.437. The van der Waals surface area contributed by atoms with Crippen LogP contribution < -0.4 is 5.32 Å². The van der Waals surface area contributed by atoms with Gasteiger partial charge in [-0.05, 0) is 67.3 Å². The molecule has 1 aliphatic rings. The van der Waals surface area contributed by atoms with Crippen molar-refractivity contribution in [2.24, 2.45) is 0 Å². The highest BCUT2D eigenvalue weighted by Crippen LogP contribution is 2.48. The number of aromatic nitrogens is 2. The highest BCUT2D eigenvalue weighted by Gasteiger charge is 2.35. The van der Waals surface area contributed by atoms with Crippen molar-refractivity contribution in [1.82, 2.24) is 14.3 Å². The Morgan fingerprint density at radius 1 is 1.21 bits per heavy atom. The molecule has 1 fully saturated rings. The first-order valence-corrected chi connectivity index (χ1v) is 10.4. The smallest absolute Gasteiger partial charge is 0.268 e. The molecule has 0 bridgehead atoms. The normalized spacial score (nSPS) is 14.4. The number of rotatable bonds is 6. The van der Waals surface area contributed by atoms with E-state index in [1.54, 1.807) is 13.1 Å². The van der Waals surface area contributed by atoms with Crippen molar-refractivity contribution in [3.05, 3.63) is 71.7 Å². The van der Waals surface area contributed by atoms with Gasteiger partial charge in [0.15, 0.2) is 0 Å². The zero-order chi connectivity index (χ0) is 19.9. The number of pyridine rings is 1. The lowest BCUT2D eigenvalue weighted by Gasteiger charge is -2.13. The first-order chi connectivity index (χ1) is 13.4. The fourth-order valence-corrected chi connectivity index (χ4v) is 4.90. The van der Waals surface area contributed by atoms with Crippen LogP contribution in [0.1, 0.15) is 29.9 Å². The Kier molecular flexibility index (Phi) is 4.76. The van der Waals surface area contributed by atoms with Gasteiger partial charge in [-0.1, -0.05) is 6.07 Å². The quantitative estimate of drug-likeness (QED) is 0.638. The third-order valence-corrected chi connectivity index (χ3v) is 6.47. The molecule has 0 atom stereocenters. The average molecular weight is 403 g/mol. The van der Waals surface area contributed by atoms with E-state index in [2.05, 4.69) is 10.3 Å². The van der Waals surface area contributed by atoms with Crippen LogP contribution in [0.3, 0.4) is 0 Å². The molecule has 1 aliphatic carbocycles. The molecule has 28 heavy (non-hydrogen) atoms. The fraction of sp³-hybridized carbons (Fsp3) is 0.250. The van der Waals surface area contributed by atoms with Crippen molar-refractivity contribution in [3.63, 3.8) is 0 Å². The molecule has 1 N–H and O–H groups in total. The molecule has 146 valence electrons. The molecule has 4 rings (SSSR count). The van der Waals surface area contributed by atoms with E-state index in [0.717, 1.165) is 34.0 Å². The molecule has 0 radical (unpaired) electrons. The van der Waals surface area contributed by atoms with Crippen molar-refractivity contribution in [1.29, 1.82) is 0 Å². The van der Waals surface area contributed by atoms with Crippen LogP contribution >= 0.6 is 0 Å². The van der Waals surface area contributed by atoms with Crippen molar-refractivity contribution >= 4 is 10.0 Å². The van der Waals surface area contributed by atoms with E-state index in [1.165, 1.54) is 36.7 Å². The second-order valence-electron chi connectivity index (χ2n) is 6.82. The number of nitrogens with zero attached hydrogens (tertiary/aromatic N) is 2. The fourth-order valence-electron chi connectivity index (χ4n) is 3.46. The van der Waals surface area contributed by atoms with Crippen LogP contribution in [0.5, 0.6) is 0 Å². The Morgan fingerprint density at radius 3 is 2.64 bits per heavy atom. The van der Waals surface area contributed by atoms with Crippen LogP contribution in [0.15, 0.2) is 53.7 Å². The van der Waals surface area contributed by atoms with Gasteiger partial charge >= 0.3 is 0 Å². The molecule has 3 aromatic rings. The molecular weight excluding hydrogens is 384 g/mol. The van der Waals surface area contributed by atoms with E-state index >= 15 is 0 Å². The maximum atomic E-state index is 14.6. The average Bonchev–Trinajstić information content (AvgIpc) is 3.43. The summed E-state index contributed by atoms with van der Waals surface area (Å²) >= 11 is 0. The van der Waals surface area contributed by atoms with Gasteiger partial charge < -0.3 is 5.32 Å². The van der Waals surface area contributed by atoms with Crippen molar-refractivity contribution in [3.8, 4) is 11.3 Å². The molecule has 0 spiro atoms. The standard InChI is InChI=1S/C20H19F2N3O2S/c1-23-11-14-12-25(28(26,27)16-5-2-4-15(21)10-16)19(18(14)13-7-8-13)17-6-3-9-24-20(17)22/h2-6,9-10,12-13,23H,7-8,11H2,1H3. The van der Waals surface area contributed by atoms with Gasteiger partial charge in [-0.15, -0.1) is 0 Å². The SMILES string of the molecule is CNCc1cn(S(=O)(=O)c2cccc(F)c2)c(-c2cccnc2F)c1C1CC1. The highest BCUT2D eigenvalue weighted by molar-refractivity contribution is 7.90. The van der Waals surface area contributed by atoms with Gasteiger partial charge in [-0.25, -0.2) is 21.8 Å². The first-order valence-electron chi connectivity index (χ1n) is 8.94. The third kappa shape index (κ3) is 3.22. The van der Waals surface area contributed by atoms with E-state index in [-0.39, 0.29) is 22.1 Å². The molecule has 2 aromatic heterocycles. The molecule has 2 heterocycles. The van der Waals surface area contributed by atoms with E-state index in [4.69, 9.17) is 0 Å². The van der Waals surface area contributed by atoms with Crippen LogP contribution in [0, 0.1) is 11.8 Å². The largest absolute Gasteiger partial charge is 0.316 e. The Bertz CT molecular complexity index is 1140. The molecule has 0 saturated heterocycles. The van der Waals surface area contributed by atoms with Crippen molar-refractivity contribution < 1.29 is 17.2 Å². The van der Waals surface area contributed by atoms with Gasteiger partial charge in [0.25, 0.3) is 10.0 Å². The van der Waals surface area contributed by atoms with Crippen LogP contribution in [-0.2, 0) is 16.6 Å². The van der Waals surface area contributed by atoms with Crippen LogP contribution in [0.25, 0.3) is 11.3 Å². The van der Waals surface area contributed by atoms with Crippen molar-refractivity contribution in [2.45, 2.75) is 30.2 Å². The van der Waals surface area contributed by atoms with Gasteiger partial charge in [-0.2, -0.15) is 4.39 Å². The van der Waals surface area contributed by atoms with Gasteiger partial charge in [0.1, 0.15) is 5.82 Å². The van der Waals surface area contributed by atoms with Crippen LogP contribution in [0.2, 0.25) is 0 Å². The predicted molar refractivity (Wildman–Crippen MR) is 101 cm³/mol. The summed E-state index contributed by atoms with van der Waals surface area (Å²) < 4.78 is 56.0. The van der Waals surface area contributed by atoms with E-state index in [0.29, 0.717) is 6.54 Å². The summed E-state index contributed by atoms with van der Waals surface area (Å²) in [4.78, 5) is 3.50. The topological polar surface area (TPSA) is 64.0 Å². The molecule has 0 amide bonds. The lowest BCUT2D eigenvalue weighted by Crippen LogP contribution is -2.14. The third-order valence-electron chi connectivity index (χ3n) is 4.81. The number of halogens is 2. The summed E-state index contributed by atoms with van der Waals surface area (Å²) in [7, 11) is -2.37.